The van der Waals surface area contributed by atoms with Gasteiger partial charge in [0.2, 0.25) is 11.9 Å². The number of rotatable bonds is 7. The van der Waals surface area contributed by atoms with Gasteiger partial charge in [-0.1, -0.05) is 36.4 Å². The fraction of sp³-hybridized carbons (Fsp3) is 0.400. The molecule has 0 aliphatic carbocycles. The standard InChI is InChI=1S/C25H30N6O3/c32-17-22-21-7-2-1-4-18(21)8-10-31(22)25-28-23(19-5-3-6-20(33)16-19)27-24(29-25)26-9-11-30-12-14-34-15-13-30/h1-7,16,22,32-33H,8-15,17H2,(H,26,27,28,29)/t22-/m0/s1. The van der Waals surface area contributed by atoms with Crippen molar-refractivity contribution in [3.8, 4) is 17.1 Å². The van der Waals surface area contributed by atoms with Crippen molar-refractivity contribution in [2.75, 3.05) is 62.8 Å². The van der Waals surface area contributed by atoms with E-state index >= 15 is 0 Å². The number of morpholine rings is 1. The molecular formula is C25H30N6O3. The molecule has 0 saturated carbocycles. The highest BCUT2D eigenvalue weighted by atomic mass is 16.5. The van der Waals surface area contributed by atoms with Crippen LogP contribution < -0.4 is 10.2 Å². The summed E-state index contributed by atoms with van der Waals surface area (Å²) in [6.45, 7) is 5.57. The minimum atomic E-state index is -0.231. The van der Waals surface area contributed by atoms with Gasteiger partial charge >= 0.3 is 0 Å². The molecule has 0 unspecified atom stereocenters. The number of aliphatic hydroxyl groups excluding tert-OH is 1. The van der Waals surface area contributed by atoms with Gasteiger partial charge < -0.3 is 25.2 Å². The number of nitrogens with one attached hydrogen (secondary N) is 1. The summed E-state index contributed by atoms with van der Waals surface area (Å²) in [4.78, 5) is 18.5. The molecule has 2 aliphatic heterocycles. The lowest BCUT2D eigenvalue weighted by Crippen LogP contribution is -2.39. The van der Waals surface area contributed by atoms with Gasteiger partial charge in [0, 0.05) is 38.3 Å². The number of phenolic OH excluding ortho intramolecular Hbond substituents is 1. The first-order chi connectivity index (χ1) is 16.7. The molecule has 1 fully saturated rings. The zero-order valence-electron chi connectivity index (χ0n) is 19.1. The van der Waals surface area contributed by atoms with Crippen LogP contribution in [-0.2, 0) is 11.2 Å². The van der Waals surface area contributed by atoms with E-state index in [1.807, 2.05) is 23.1 Å². The Labute approximate surface area is 199 Å². The molecule has 0 bridgehead atoms. The molecule has 1 aromatic heterocycles. The Balaban J connectivity index is 1.44. The number of anilines is 2. The molecule has 2 aromatic carbocycles. The third-order valence-electron chi connectivity index (χ3n) is 6.38. The summed E-state index contributed by atoms with van der Waals surface area (Å²) >= 11 is 0. The summed E-state index contributed by atoms with van der Waals surface area (Å²) in [6, 6.07) is 14.9. The number of nitrogens with zero attached hydrogens (tertiary/aromatic N) is 5. The second-order valence-corrected chi connectivity index (χ2v) is 8.55. The number of phenols is 1. The van der Waals surface area contributed by atoms with Crippen molar-refractivity contribution in [3.63, 3.8) is 0 Å². The van der Waals surface area contributed by atoms with Crippen LogP contribution in [0.15, 0.2) is 48.5 Å². The van der Waals surface area contributed by atoms with E-state index in [1.54, 1.807) is 18.2 Å². The molecule has 0 radical (unpaired) electrons. The van der Waals surface area contributed by atoms with Crippen LogP contribution in [0.4, 0.5) is 11.9 Å². The lowest BCUT2D eigenvalue weighted by Gasteiger charge is -2.36. The summed E-state index contributed by atoms with van der Waals surface area (Å²) < 4.78 is 5.43. The molecule has 0 amide bonds. The van der Waals surface area contributed by atoms with Crippen LogP contribution in [-0.4, -0.2) is 82.6 Å². The van der Waals surface area contributed by atoms with Gasteiger partial charge in [-0.2, -0.15) is 15.0 Å². The van der Waals surface area contributed by atoms with E-state index in [9.17, 15) is 10.2 Å². The van der Waals surface area contributed by atoms with Crippen LogP contribution in [0.3, 0.4) is 0 Å². The summed E-state index contributed by atoms with van der Waals surface area (Å²) in [5, 5.41) is 23.6. The topological polar surface area (TPSA) is 107 Å². The summed E-state index contributed by atoms with van der Waals surface area (Å²) in [7, 11) is 0. The van der Waals surface area contributed by atoms with E-state index in [2.05, 4.69) is 27.3 Å². The SMILES string of the molecule is OC[C@H]1c2ccccc2CCN1c1nc(NCCN2CCOCC2)nc(-c2cccc(O)c2)n1. The Morgan fingerprint density at radius 2 is 1.85 bits per heavy atom. The molecule has 34 heavy (non-hydrogen) atoms. The quantitative estimate of drug-likeness (QED) is 0.486. The molecule has 1 saturated heterocycles. The first-order valence-corrected chi connectivity index (χ1v) is 11.8. The monoisotopic (exact) mass is 462 g/mol. The van der Waals surface area contributed by atoms with Crippen molar-refractivity contribution in [2.24, 2.45) is 0 Å². The van der Waals surface area contributed by atoms with Gasteiger partial charge in [-0.3, -0.25) is 4.90 Å². The van der Waals surface area contributed by atoms with Crippen molar-refractivity contribution in [1.29, 1.82) is 0 Å². The Morgan fingerprint density at radius 1 is 1.00 bits per heavy atom. The Morgan fingerprint density at radius 3 is 2.68 bits per heavy atom. The van der Waals surface area contributed by atoms with Crippen LogP contribution in [0.5, 0.6) is 5.75 Å². The van der Waals surface area contributed by atoms with Gasteiger partial charge in [0.1, 0.15) is 5.75 Å². The maximum Gasteiger partial charge on any atom is 0.231 e. The molecule has 3 aromatic rings. The van der Waals surface area contributed by atoms with E-state index in [-0.39, 0.29) is 18.4 Å². The molecule has 2 aliphatic rings. The van der Waals surface area contributed by atoms with Crippen molar-refractivity contribution in [3.05, 3.63) is 59.7 Å². The maximum absolute atomic E-state index is 10.3. The van der Waals surface area contributed by atoms with Crippen LogP contribution in [0.25, 0.3) is 11.4 Å². The Hall–Kier alpha value is -3.27. The number of aromatic hydroxyl groups is 1. The number of aromatic nitrogens is 3. The average Bonchev–Trinajstić information content (AvgIpc) is 2.88. The van der Waals surface area contributed by atoms with Gasteiger partial charge in [-0.25, -0.2) is 0 Å². The van der Waals surface area contributed by atoms with Crippen molar-refractivity contribution in [1.82, 2.24) is 19.9 Å². The maximum atomic E-state index is 10.3. The zero-order chi connectivity index (χ0) is 23.3. The van der Waals surface area contributed by atoms with Crippen molar-refractivity contribution < 1.29 is 14.9 Å². The minimum Gasteiger partial charge on any atom is -0.508 e. The minimum absolute atomic E-state index is 0.0378. The molecule has 3 heterocycles. The van der Waals surface area contributed by atoms with E-state index in [0.29, 0.717) is 36.4 Å². The van der Waals surface area contributed by atoms with E-state index in [1.165, 1.54) is 5.56 Å². The smallest absolute Gasteiger partial charge is 0.231 e. The predicted octanol–water partition coefficient (Wildman–Crippen LogP) is 2.08. The molecule has 3 N–H and O–H groups in total. The first kappa shape index (κ1) is 22.5. The summed E-state index contributed by atoms with van der Waals surface area (Å²) in [5.74, 6) is 1.62. The Kier molecular flexibility index (Phi) is 6.84. The second-order valence-electron chi connectivity index (χ2n) is 8.55. The number of aliphatic hydroxyl groups is 1. The third-order valence-corrected chi connectivity index (χ3v) is 6.38. The van der Waals surface area contributed by atoms with E-state index in [0.717, 1.165) is 44.8 Å². The van der Waals surface area contributed by atoms with E-state index in [4.69, 9.17) is 14.7 Å². The molecule has 1 atom stereocenters. The second kappa shape index (κ2) is 10.3. The van der Waals surface area contributed by atoms with Crippen LogP contribution >= 0.6 is 0 Å². The number of ether oxygens (including phenoxy) is 1. The lowest BCUT2D eigenvalue weighted by atomic mass is 9.93. The van der Waals surface area contributed by atoms with Gasteiger partial charge in [0.05, 0.1) is 25.9 Å². The zero-order valence-corrected chi connectivity index (χ0v) is 19.1. The van der Waals surface area contributed by atoms with Crippen molar-refractivity contribution >= 4 is 11.9 Å². The third kappa shape index (κ3) is 4.96. The number of hydrogen-bond donors (Lipinski definition) is 3. The highest BCUT2D eigenvalue weighted by molar-refractivity contribution is 5.60. The van der Waals surface area contributed by atoms with Gasteiger partial charge in [0.25, 0.3) is 0 Å². The molecule has 9 nitrogen and oxygen atoms in total. The Bertz CT molecular complexity index is 1120. The fourth-order valence-electron chi connectivity index (χ4n) is 4.58. The number of benzene rings is 2. The average molecular weight is 463 g/mol. The molecule has 5 rings (SSSR count). The summed E-state index contributed by atoms with van der Waals surface area (Å²) in [6.07, 6.45) is 0.847. The number of fused-ring (bicyclic) bond motifs is 1. The molecule has 178 valence electrons. The molecule has 0 spiro atoms. The highest BCUT2D eigenvalue weighted by Crippen LogP contribution is 2.33. The fourth-order valence-corrected chi connectivity index (χ4v) is 4.58. The normalized spacial score (nSPS) is 18.5. The molecular weight excluding hydrogens is 432 g/mol. The lowest BCUT2D eigenvalue weighted by molar-refractivity contribution is 0.0398. The van der Waals surface area contributed by atoms with E-state index < -0.39 is 0 Å². The van der Waals surface area contributed by atoms with Crippen LogP contribution in [0.1, 0.15) is 17.2 Å². The van der Waals surface area contributed by atoms with Crippen molar-refractivity contribution in [2.45, 2.75) is 12.5 Å². The summed E-state index contributed by atoms with van der Waals surface area (Å²) in [5.41, 5.74) is 3.04. The van der Waals surface area contributed by atoms with Gasteiger partial charge in [-0.05, 0) is 29.7 Å². The van der Waals surface area contributed by atoms with Crippen LogP contribution in [0.2, 0.25) is 0 Å². The first-order valence-electron chi connectivity index (χ1n) is 11.8. The van der Waals surface area contributed by atoms with Gasteiger partial charge in [-0.15, -0.1) is 0 Å². The van der Waals surface area contributed by atoms with Gasteiger partial charge in [0.15, 0.2) is 5.82 Å². The predicted molar refractivity (Wildman–Crippen MR) is 130 cm³/mol. The highest BCUT2D eigenvalue weighted by Gasteiger charge is 2.29. The largest absolute Gasteiger partial charge is 0.508 e. The molecule has 9 heteroatoms. The van der Waals surface area contributed by atoms with Crippen LogP contribution in [0, 0.1) is 0 Å². The number of hydrogen-bond acceptors (Lipinski definition) is 9.